The Hall–Kier alpha value is -2.03. The van der Waals surface area contributed by atoms with Gasteiger partial charge >= 0.3 is 17.8 Å². The van der Waals surface area contributed by atoms with Gasteiger partial charge in [0.25, 0.3) is 0 Å². The van der Waals surface area contributed by atoms with Gasteiger partial charge < -0.3 is 9.64 Å². The van der Waals surface area contributed by atoms with E-state index in [1.165, 1.54) is 16.2 Å². The number of carbonyl (C=O) groups excluding carboxylic acids is 3. The number of ether oxygens (including phenoxy) is 1. The minimum atomic E-state index is -0.763. The average molecular weight is 326 g/mol. The van der Waals surface area contributed by atoms with Crippen molar-refractivity contribution in [2.24, 2.45) is 5.92 Å². The maximum atomic E-state index is 12.2. The molecule has 120 valence electrons. The molecule has 1 fully saturated rings. The number of carbonyl (C=O) groups is 3. The fourth-order valence-electron chi connectivity index (χ4n) is 2.26. The molecule has 0 radical (unpaired) electrons. The van der Waals surface area contributed by atoms with Crippen molar-refractivity contribution in [1.82, 2.24) is 15.1 Å². The number of aryl methyl sites for hydroxylation is 1. The SMILES string of the molecule is CCOC(=O)[C@@H]1CCCN(C(=O)C(=O)Nc2nnc(C)s2)C1. The van der Waals surface area contributed by atoms with Gasteiger partial charge in [-0.15, -0.1) is 10.2 Å². The van der Waals surface area contributed by atoms with Gasteiger partial charge in [-0.2, -0.15) is 0 Å². The predicted molar refractivity (Wildman–Crippen MR) is 79.2 cm³/mol. The van der Waals surface area contributed by atoms with Gasteiger partial charge in [0.05, 0.1) is 12.5 Å². The van der Waals surface area contributed by atoms with Gasteiger partial charge in [-0.25, -0.2) is 0 Å². The zero-order valence-corrected chi connectivity index (χ0v) is 13.3. The Labute approximate surface area is 131 Å². The van der Waals surface area contributed by atoms with Gasteiger partial charge in [0.1, 0.15) is 5.01 Å². The van der Waals surface area contributed by atoms with E-state index in [1.807, 2.05) is 0 Å². The van der Waals surface area contributed by atoms with E-state index in [4.69, 9.17) is 4.74 Å². The normalized spacial score (nSPS) is 17.9. The van der Waals surface area contributed by atoms with Crippen LogP contribution in [0.4, 0.5) is 5.13 Å². The van der Waals surface area contributed by atoms with Crippen molar-refractivity contribution in [3.05, 3.63) is 5.01 Å². The first-order valence-electron chi connectivity index (χ1n) is 7.08. The molecule has 0 unspecified atom stereocenters. The van der Waals surface area contributed by atoms with Gasteiger partial charge in [-0.05, 0) is 26.7 Å². The molecule has 2 amide bonds. The number of nitrogens with zero attached hydrogens (tertiary/aromatic N) is 3. The molecule has 0 spiro atoms. The zero-order valence-electron chi connectivity index (χ0n) is 12.5. The lowest BCUT2D eigenvalue weighted by Gasteiger charge is -2.30. The molecule has 2 rings (SSSR count). The van der Waals surface area contributed by atoms with E-state index < -0.39 is 11.8 Å². The lowest BCUT2D eigenvalue weighted by atomic mass is 9.98. The standard InChI is InChI=1S/C13H18N4O4S/c1-3-21-12(20)9-5-4-6-17(7-9)11(19)10(18)14-13-16-15-8(2)22-13/h9H,3-7H2,1-2H3,(H,14,16,18)/t9-/m1/s1. The van der Waals surface area contributed by atoms with Crippen molar-refractivity contribution < 1.29 is 19.1 Å². The van der Waals surface area contributed by atoms with Crippen LogP contribution in [0, 0.1) is 12.8 Å². The van der Waals surface area contributed by atoms with Crippen LogP contribution in [-0.4, -0.2) is 52.6 Å². The second-order valence-electron chi connectivity index (χ2n) is 4.92. The van der Waals surface area contributed by atoms with Crippen LogP contribution in [0.1, 0.15) is 24.8 Å². The molecule has 1 aromatic rings. The highest BCUT2D eigenvalue weighted by atomic mass is 32.1. The lowest BCUT2D eigenvalue weighted by molar-refractivity contribution is -0.153. The Morgan fingerprint density at radius 3 is 2.82 bits per heavy atom. The molecule has 0 aliphatic carbocycles. The van der Waals surface area contributed by atoms with E-state index in [0.717, 1.165) is 0 Å². The Kier molecular flexibility index (Phi) is 5.42. The number of rotatable bonds is 3. The van der Waals surface area contributed by atoms with Gasteiger partial charge in [0, 0.05) is 13.1 Å². The fraction of sp³-hybridized carbons (Fsp3) is 0.615. The quantitative estimate of drug-likeness (QED) is 0.644. The molecular weight excluding hydrogens is 308 g/mol. The number of likely N-dealkylation sites (tertiary alicyclic amines) is 1. The first-order valence-corrected chi connectivity index (χ1v) is 7.90. The van der Waals surface area contributed by atoms with E-state index in [2.05, 4.69) is 15.5 Å². The smallest absolute Gasteiger partial charge is 0.315 e. The molecule has 22 heavy (non-hydrogen) atoms. The highest BCUT2D eigenvalue weighted by Gasteiger charge is 2.32. The molecule has 1 aliphatic rings. The molecule has 9 heteroatoms. The summed E-state index contributed by atoms with van der Waals surface area (Å²) < 4.78 is 4.97. The van der Waals surface area contributed by atoms with Crippen molar-refractivity contribution >= 4 is 34.3 Å². The van der Waals surface area contributed by atoms with E-state index in [0.29, 0.717) is 31.0 Å². The minimum absolute atomic E-state index is 0.209. The molecule has 8 nitrogen and oxygen atoms in total. The molecule has 0 aromatic carbocycles. The third-order valence-electron chi connectivity index (χ3n) is 3.27. The van der Waals surface area contributed by atoms with Crippen molar-refractivity contribution in [2.45, 2.75) is 26.7 Å². The average Bonchev–Trinajstić information content (AvgIpc) is 2.92. The summed E-state index contributed by atoms with van der Waals surface area (Å²) in [5, 5.41) is 10.9. The van der Waals surface area contributed by atoms with Gasteiger partial charge in [-0.1, -0.05) is 11.3 Å². The minimum Gasteiger partial charge on any atom is -0.466 e. The molecule has 0 saturated carbocycles. The lowest BCUT2D eigenvalue weighted by Crippen LogP contribution is -2.47. The zero-order chi connectivity index (χ0) is 16.1. The molecule has 1 atom stereocenters. The Morgan fingerprint density at radius 1 is 1.41 bits per heavy atom. The number of nitrogens with one attached hydrogen (secondary N) is 1. The number of aromatic nitrogens is 2. The summed E-state index contributed by atoms with van der Waals surface area (Å²) in [6.07, 6.45) is 1.33. The van der Waals surface area contributed by atoms with Crippen LogP contribution < -0.4 is 5.32 Å². The number of hydrogen-bond donors (Lipinski definition) is 1. The number of hydrogen-bond acceptors (Lipinski definition) is 7. The van der Waals surface area contributed by atoms with Gasteiger partial charge in [0.15, 0.2) is 0 Å². The molecule has 1 N–H and O–H groups in total. The molecule has 2 heterocycles. The molecular formula is C13H18N4O4S. The topological polar surface area (TPSA) is 101 Å². The van der Waals surface area contributed by atoms with Gasteiger partial charge in [-0.3, -0.25) is 19.7 Å². The second kappa shape index (κ2) is 7.30. The molecule has 1 aliphatic heterocycles. The van der Waals surface area contributed by atoms with Crippen molar-refractivity contribution in [1.29, 1.82) is 0 Å². The first kappa shape index (κ1) is 16.3. The molecule has 1 aromatic heterocycles. The summed E-state index contributed by atoms with van der Waals surface area (Å²) in [5.41, 5.74) is 0. The summed E-state index contributed by atoms with van der Waals surface area (Å²) >= 11 is 1.19. The highest BCUT2D eigenvalue weighted by Crippen LogP contribution is 2.19. The Morgan fingerprint density at radius 2 is 2.18 bits per heavy atom. The summed E-state index contributed by atoms with van der Waals surface area (Å²) in [7, 11) is 0. The number of piperidine rings is 1. The molecule has 1 saturated heterocycles. The second-order valence-corrected chi connectivity index (χ2v) is 6.10. The van der Waals surface area contributed by atoms with Crippen LogP contribution in [0.15, 0.2) is 0 Å². The van der Waals surface area contributed by atoms with E-state index >= 15 is 0 Å². The monoisotopic (exact) mass is 326 g/mol. The highest BCUT2D eigenvalue weighted by molar-refractivity contribution is 7.15. The Bertz CT molecular complexity index is 574. The first-order chi connectivity index (χ1) is 10.5. The number of esters is 1. The van der Waals surface area contributed by atoms with E-state index in [9.17, 15) is 14.4 Å². The fourth-order valence-corrected chi connectivity index (χ4v) is 2.84. The summed E-state index contributed by atoms with van der Waals surface area (Å²) in [6, 6.07) is 0. The van der Waals surface area contributed by atoms with Crippen LogP contribution in [0.5, 0.6) is 0 Å². The summed E-state index contributed by atoms with van der Waals surface area (Å²) in [6.45, 7) is 4.46. The van der Waals surface area contributed by atoms with Crippen molar-refractivity contribution in [3.8, 4) is 0 Å². The Balaban J connectivity index is 1.93. The number of amides is 2. The van der Waals surface area contributed by atoms with Crippen LogP contribution in [0.2, 0.25) is 0 Å². The summed E-state index contributed by atoms with van der Waals surface area (Å²) in [5.74, 6) is -2.11. The maximum Gasteiger partial charge on any atom is 0.315 e. The third kappa shape index (κ3) is 4.00. The van der Waals surface area contributed by atoms with Crippen molar-refractivity contribution in [2.75, 3.05) is 25.0 Å². The van der Waals surface area contributed by atoms with Crippen LogP contribution in [0.25, 0.3) is 0 Å². The summed E-state index contributed by atoms with van der Waals surface area (Å²) in [4.78, 5) is 37.2. The van der Waals surface area contributed by atoms with Crippen LogP contribution in [-0.2, 0) is 19.1 Å². The predicted octanol–water partition coefficient (Wildman–Crippen LogP) is 0.587. The van der Waals surface area contributed by atoms with Crippen LogP contribution in [0.3, 0.4) is 0 Å². The van der Waals surface area contributed by atoms with Gasteiger partial charge in [0.2, 0.25) is 5.13 Å². The van der Waals surface area contributed by atoms with Crippen LogP contribution >= 0.6 is 11.3 Å². The maximum absolute atomic E-state index is 12.2. The van der Waals surface area contributed by atoms with E-state index in [1.54, 1.807) is 13.8 Å². The van der Waals surface area contributed by atoms with E-state index in [-0.39, 0.29) is 23.6 Å². The van der Waals surface area contributed by atoms with Crippen molar-refractivity contribution in [3.63, 3.8) is 0 Å². The molecule has 0 bridgehead atoms. The third-order valence-corrected chi connectivity index (χ3v) is 4.02. The number of anilines is 1. The largest absolute Gasteiger partial charge is 0.466 e.